The summed E-state index contributed by atoms with van der Waals surface area (Å²) < 4.78 is 15.7. The van der Waals surface area contributed by atoms with E-state index in [0.717, 1.165) is 37.0 Å². The standard InChI is InChI=1S/C27H32N4O4/c1-16(2)35-21-11-23-29-22(27-8-7-26(4,14-27)34-15-27)13-30(23)12-18(21)24(32)28-19-6-5-9-31(25(19)33)20-10-17(20)3/h5-6,9,11-13,16-17,20H,7-8,10,14-15H2,1-4H3,(H,28,32)/t17-,20+,26-,27-/m1/s1. The smallest absolute Gasteiger partial charge is 0.274 e. The molecular weight excluding hydrogens is 444 g/mol. The molecule has 0 spiro atoms. The summed E-state index contributed by atoms with van der Waals surface area (Å²) in [5.41, 5.74) is 2.04. The fraction of sp³-hybridized carbons (Fsp3) is 0.519. The zero-order valence-electron chi connectivity index (χ0n) is 20.7. The lowest BCUT2D eigenvalue weighted by Gasteiger charge is -2.24. The van der Waals surface area contributed by atoms with Crippen molar-refractivity contribution < 1.29 is 14.3 Å². The predicted molar refractivity (Wildman–Crippen MR) is 132 cm³/mol. The second-order valence-corrected chi connectivity index (χ2v) is 11.2. The first-order valence-electron chi connectivity index (χ1n) is 12.5. The molecule has 3 aliphatic rings. The average molecular weight is 477 g/mol. The molecule has 8 heteroatoms. The van der Waals surface area contributed by atoms with E-state index in [1.165, 1.54) is 0 Å². The number of anilines is 1. The van der Waals surface area contributed by atoms with Crippen molar-refractivity contribution in [2.75, 3.05) is 11.9 Å². The highest BCUT2D eigenvalue weighted by Crippen LogP contribution is 2.53. The number of nitrogens with one attached hydrogen (secondary N) is 1. The Morgan fingerprint density at radius 3 is 2.74 bits per heavy atom. The van der Waals surface area contributed by atoms with Crippen molar-refractivity contribution in [3.63, 3.8) is 0 Å². The summed E-state index contributed by atoms with van der Waals surface area (Å²) in [6, 6.07) is 5.47. The van der Waals surface area contributed by atoms with Gasteiger partial charge in [0.05, 0.1) is 29.6 Å². The van der Waals surface area contributed by atoms with Gasteiger partial charge in [0.25, 0.3) is 11.5 Å². The van der Waals surface area contributed by atoms with Gasteiger partial charge in [0.1, 0.15) is 17.1 Å². The topological polar surface area (TPSA) is 86.9 Å². The molecule has 0 aromatic carbocycles. The maximum atomic E-state index is 13.4. The summed E-state index contributed by atoms with van der Waals surface area (Å²) in [5.74, 6) is 0.544. The van der Waals surface area contributed by atoms with Gasteiger partial charge in [-0.2, -0.15) is 0 Å². The van der Waals surface area contributed by atoms with E-state index < -0.39 is 0 Å². The number of aromatic nitrogens is 3. The molecule has 4 heterocycles. The molecular formula is C27H32N4O4. The van der Waals surface area contributed by atoms with Gasteiger partial charge in [-0.1, -0.05) is 6.92 Å². The normalized spacial score (nSPS) is 29.2. The molecule has 0 radical (unpaired) electrons. The van der Waals surface area contributed by atoms with Crippen LogP contribution >= 0.6 is 0 Å². The second kappa shape index (κ2) is 7.68. The Kier molecular flexibility index (Phi) is 4.90. The number of hydrogen-bond donors (Lipinski definition) is 1. The SMILES string of the molecule is CC(C)Oc1cc2nc([C@]34CC[C@](C)(C3)OC4)cn2cc1C(=O)Nc1cccn([C@H]2C[C@H]2C)c1=O. The molecule has 6 rings (SSSR count). The highest BCUT2D eigenvalue weighted by atomic mass is 16.5. The van der Waals surface area contributed by atoms with E-state index in [1.54, 1.807) is 29.1 Å². The fourth-order valence-electron chi connectivity index (χ4n) is 5.79. The maximum Gasteiger partial charge on any atom is 0.274 e. The minimum absolute atomic E-state index is 0.0619. The van der Waals surface area contributed by atoms with Gasteiger partial charge in [0.2, 0.25) is 0 Å². The molecule has 1 amide bonds. The van der Waals surface area contributed by atoms with Gasteiger partial charge < -0.3 is 23.8 Å². The molecule has 4 atom stereocenters. The number of ether oxygens (including phenoxy) is 2. The Morgan fingerprint density at radius 2 is 2.11 bits per heavy atom. The summed E-state index contributed by atoms with van der Waals surface area (Å²) in [7, 11) is 0. The lowest BCUT2D eigenvalue weighted by Crippen LogP contribution is -2.26. The van der Waals surface area contributed by atoms with E-state index in [1.807, 2.05) is 30.5 Å². The first-order valence-corrected chi connectivity index (χ1v) is 12.5. The second-order valence-electron chi connectivity index (χ2n) is 11.2. The number of imidazole rings is 1. The van der Waals surface area contributed by atoms with Crippen molar-refractivity contribution in [2.24, 2.45) is 5.92 Å². The number of rotatable bonds is 6. The van der Waals surface area contributed by atoms with Crippen LogP contribution in [0.15, 0.2) is 41.6 Å². The van der Waals surface area contributed by atoms with E-state index in [2.05, 4.69) is 19.2 Å². The fourth-order valence-corrected chi connectivity index (χ4v) is 5.79. The number of carbonyl (C=O) groups excluding carboxylic acids is 1. The zero-order chi connectivity index (χ0) is 24.5. The van der Waals surface area contributed by atoms with E-state index in [0.29, 0.717) is 23.8 Å². The average Bonchev–Trinajstić information content (AvgIpc) is 3.12. The van der Waals surface area contributed by atoms with Crippen LogP contribution in [0.2, 0.25) is 0 Å². The quantitative estimate of drug-likeness (QED) is 0.572. The van der Waals surface area contributed by atoms with Crippen LogP contribution in [0, 0.1) is 5.92 Å². The predicted octanol–water partition coefficient (Wildman–Crippen LogP) is 4.33. The highest BCUT2D eigenvalue weighted by molar-refractivity contribution is 6.06. The van der Waals surface area contributed by atoms with Gasteiger partial charge in [-0.3, -0.25) is 9.59 Å². The summed E-state index contributed by atoms with van der Waals surface area (Å²) >= 11 is 0. The molecule has 0 unspecified atom stereocenters. The van der Waals surface area contributed by atoms with Crippen molar-refractivity contribution >= 4 is 17.2 Å². The molecule has 35 heavy (non-hydrogen) atoms. The summed E-state index contributed by atoms with van der Waals surface area (Å²) in [5, 5.41) is 2.83. The molecule has 3 aromatic rings. The number of hydrogen-bond acceptors (Lipinski definition) is 5. The monoisotopic (exact) mass is 476 g/mol. The van der Waals surface area contributed by atoms with Crippen LogP contribution in [0.5, 0.6) is 5.75 Å². The Balaban J connectivity index is 1.35. The summed E-state index contributed by atoms with van der Waals surface area (Å²) in [4.78, 5) is 31.3. The van der Waals surface area contributed by atoms with Crippen molar-refractivity contribution in [2.45, 2.75) is 76.5 Å². The zero-order valence-corrected chi connectivity index (χ0v) is 20.7. The third kappa shape index (κ3) is 3.75. The van der Waals surface area contributed by atoms with E-state index in [9.17, 15) is 9.59 Å². The number of pyridine rings is 2. The first-order chi connectivity index (χ1) is 16.7. The van der Waals surface area contributed by atoms with Crippen LogP contribution in [0.4, 0.5) is 5.69 Å². The number of amides is 1. The largest absolute Gasteiger partial charge is 0.490 e. The van der Waals surface area contributed by atoms with Gasteiger partial charge >= 0.3 is 0 Å². The van der Waals surface area contributed by atoms with E-state index >= 15 is 0 Å². The minimum Gasteiger partial charge on any atom is -0.490 e. The lowest BCUT2D eigenvalue weighted by atomic mass is 9.84. The van der Waals surface area contributed by atoms with Crippen molar-refractivity contribution in [1.29, 1.82) is 0 Å². The number of nitrogens with zero attached hydrogens (tertiary/aromatic N) is 3. The lowest BCUT2D eigenvalue weighted by molar-refractivity contribution is -0.00627. The van der Waals surface area contributed by atoms with Crippen LogP contribution in [0.25, 0.3) is 5.65 Å². The number of carbonyl (C=O) groups is 1. The molecule has 3 fully saturated rings. The summed E-state index contributed by atoms with van der Waals surface area (Å²) in [6.07, 6.45) is 9.46. The summed E-state index contributed by atoms with van der Waals surface area (Å²) in [6.45, 7) is 8.81. The van der Waals surface area contributed by atoms with Gasteiger partial charge in [0.15, 0.2) is 0 Å². The molecule has 2 aliphatic carbocycles. The Labute approximate surface area is 204 Å². The van der Waals surface area contributed by atoms with Crippen molar-refractivity contribution in [1.82, 2.24) is 14.0 Å². The Hall–Kier alpha value is -3.13. The van der Waals surface area contributed by atoms with Gasteiger partial charge in [-0.25, -0.2) is 4.98 Å². The van der Waals surface area contributed by atoms with Crippen LogP contribution < -0.4 is 15.6 Å². The van der Waals surface area contributed by atoms with Crippen LogP contribution in [-0.4, -0.2) is 38.2 Å². The van der Waals surface area contributed by atoms with Crippen LogP contribution in [-0.2, 0) is 10.2 Å². The van der Waals surface area contributed by atoms with E-state index in [-0.39, 0.29) is 40.3 Å². The molecule has 1 saturated heterocycles. The molecule has 1 aliphatic heterocycles. The molecule has 2 bridgehead atoms. The molecule has 3 aromatic heterocycles. The third-order valence-electron chi connectivity index (χ3n) is 7.89. The number of fused-ring (bicyclic) bond motifs is 3. The van der Waals surface area contributed by atoms with Crippen molar-refractivity contribution in [3.05, 3.63) is 58.4 Å². The maximum absolute atomic E-state index is 13.4. The van der Waals surface area contributed by atoms with Crippen molar-refractivity contribution in [3.8, 4) is 5.75 Å². The Bertz CT molecular complexity index is 1380. The molecule has 8 nitrogen and oxygen atoms in total. The minimum atomic E-state index is -0.382. The molecule has 2 saturated carbocycles. The van der Waals surface area contributed by atoms with Gasteiger partial charge in [-0.15, -0.1) is 0 Å². The van der Waals surface area contributed by atoms with Gasteiger partial charge in [-0.05, 0) is 64.5 Å². The molecule has 1 N–H and O–H groups in total. The van der Waals surface area contributed by atoms with Gasteiger partial charge in [0, 0.05) is 36.1 Å². The third-order valence-corrected chi connectivity index (χ3v) is 7.89. The Morgan fingerprint density at radius 1 is 1.31 bits per heavy atom. The van der Waals surface area contributed by atoms with Crippen LogP contribution in [0.3, 0.4) is 0 Å². The van der Waals surface area contributed by atoms with Crippen LogP contribution in [0.1, 0.15) is 75.5 Å². The highest BCUT2D eigenvalue weighted by Gasteiger charge is 2.55. The first kappa shape index (κ1) is 22.3. The van der Waals surface area contributed by atoms with E-state index in [4.69, 9.17) is 14.5 Å². The molecule has 184 valence electrons.